The van der Waals surface area contributed by atoms with Crippen molar-refractivity contribution in [1.29, 1.82) is 0 Å². The van der Waals surface area contributed by atoms with E-state index < -0.39 is 42.3 Å². The molecule has 0 aliphatic rings. The van der Waals surface area contributed by atoms with E-state index in [4.69, 9.17) is 21.7 Å². The molecule has 0 aromatic carbocycles. The van der Waals surface area contributed by atoms with E-state index in [0.717, 1.165) is 0 Å². The van der Waals surface area contributed by atoms with Crippen LogP contribution in [-0.4, -0.2) is 51.2 Å². The Balaban J connectivity index is 4.15. The molecule has 0 aromatic heterocycles. The summed E-state index contributed by atoms with van der Waals surface area (Å²) in [5.74, 6) is -3.13. The molecule has 0 spiro atoms. The molecular formula is C9H16N2O6. The van der Waals surface area contributed by atoms with Gasteiger partial charge in [-0.15, -0.1) is 0 Å². The minimum atomic E-state index is -1.56. The van der Waals surface area contributed by atoms with E-state index in [0.29, 0.717) is 0 Å². The number of aliphatic hydroxyl groups is 1. The molecule has 8 nitrogen and oxygen atoms in total. The van der Waals surface area contributed by atoms with E-state index >= 15 is 0 Å². The molecule has 0 radical (unpaired) electrons. The maximum atomic E-state index is 11.4. The molecule has 0 aromatic rings. The van der Waals surface area contributed by atoms with Crippen LogP contribution in [-0.2, 0) is 14.4 Å². The number of carboxylic acids is 2. The summed E-state index contributed by atoms with van der Waals surface area (Å²) < 4.78 is 0. The van der Waals surface area contributed by atoms with Gasteiger partial charge in [-0.25, -0.2) is 0 Å². The van der Waals surface area contributed by atoms with Gasteiger partial charge in [0, 0.05) is 12.8 Å². The largest absolute Gasteiger partial charge is 0.481 e. The van der Waals surface area contributed by atoms with Gasteiger partial charge >= 0.3 is 11.9 Å². The highest BCUT2D eigenvalue weighted by Crippen LogP contribution is 2.04. The molecule has 7 N–H and O–H groups in total. The Kier molecular flexibility index (Phi) is 6.33. The molecule has 17 heavy (non-hydrogen) atoms. The van der Waals surface area contributed by atoms with Crippen LogP contribution in [0.15, 0.2) is 0 Å². The lowest BCUT2D eigenvalue weighted by Gasteiger charge is -2.16. The fourth-order valence-electron chi connectivity index (χ4n) is 1.09. The van der Waals surface area contributed by atoms with Gasteiger partial charge in [0.2, 0.25) is 0 Å². The zero-order valence-electron chi connectivity index (χ0n) is 9.07. The summed E-state index contributed by atoms with van der Waals surface area (Å²) >= 11 is 0. The van der Waals surface area contributed by atoms with Crippen LogP contribution < -0.4 is 11.5 Å². The molecular weight excluding hydrogens is 232 g/mol. The summed E-state index contributed by atoms with van der Waals surface area (Å²) in [6, 6.07) is -2.60. The molecule has 8 heteroatoms. The van der Waals surface area contributed by atoms with Gasteiger partial charge in [-0.2, -0.15) is 0 Å². The van der Waals surface area contributed by atoms with Crippen molar-refractivity contribution in [1.82, 2.24) is 0 Å². The van der Waals surface area contributed by atoms with E-state index in [1.807, 2.05) is 0 Å². The van der Waals surface area contributed by atoms with Crippen molar-refractivity contribution in [3.05, 3.63) is 0 Å². The predicted octanol–water partition coefficient (Wildman–Crippen LogP) is -2.09. The molecule has 0 saturated heterocycles. The summed E-state index contributed by atoms with van der Waals surface area (Å²) in [4.78, 5) is 32.0. The summed E-state index contributed by atoms with van der Waals surface area (Å²) in [7, 11) is 0. The number of Topliss-reactive ketones (excluding diaryl/α,β-unsaturated/α-hetero) is 1. The zero-order chi connectivity index (χ0) is 13.6. The van der Waals surface area contributed by atoms with Crippen molar-refractivity contribution in [3.8, 4) is 0 Å². The topological polar surface area (TPSA) is 164 Å². The number of hydrogen-bond donors (Lipinski definition) is 5. The summed E-state index contributed by atoms with van der Waals surface area (Å²) in [6.45, 7) is 0. The van der Waals surface area contributed by atoms with Gasteiger partial charge in [-0.3, -0.25) is 14.4 Å². The highest BCUT2D eigenvalue weighted by molar-refractivity contribution is 5.85. The van der Waals surface area contributed by atoms with E-state index in [9.17, 15) is 19.5 Å². The first-order chi connectivity index (χ1) is 7.75. The van der Waals surface area contributed by atoms with Crippen LogP contribution in [0.1, 0.15) is 19.3 Å². The Morgan fingerprint density at radius 2 is 1.65 bits per heavy atom. The van der Waals surface area contributed by atoms with Crippen LogP contribution >= 0.6 is 0 Å². The summed E-state index contributed by atoms with van der Waals surface area (Å²) in [5, 5.41) is 26.1. The van der Waals surface area contributed by atoms with Crippen molar-refractivity contribution < 1.29 is 29.7 Å². The quantitative estimate of drug-likeness (QED) is 0.326. The van der Waals surface area contributed by atoms with Crippen LogP contribution in [0.4, 0.5) is 0 Å². The molecule has 0 fully saturated rings. The third-order valence-electron chi connectivity index (χ3n) is 2.19. The molecule has 0 aliphatic carbocycles. The van der Waals surface area contributed by atoms with Crippen LogP contribution in [0.3, 0.4) is 0 Å². The molecule has 3 unspecified atom stereocenters. The minimum absolute atomic E-state index is 0.0663. The number of carboxylic acid groups (broad SMARTS) is 2. The normalized spacial score (nSPS) is 15.9. The number of carbonyl (C=O) groups is 3. The van der Waals surface area contributed by atoms with Crippen molar-refractivity contribution in [2.24, 2.45) is 11.5 Å². The molecule has 0 saturated carbocycles. The lowest BCUT2D eigenvalue weighted by atomic mass is 9.99. The minimum Gasteiger partial charge on any atom is -0.481 e. The van der Waals surface area contributed by atoms with Crippen molar-refractivity contribution >= 4 is 17.7 Å². The van der Waals surface area contributed by atoms with Crippen LogP contribution in [0.2, 0.25) is 0 Å². The third kappa shape index (κ3) is 5.95. The van der Waals surface area contributed by atoms with Gasteiger partial charge in [0.1, 0.15) is 6.04 Å². The second-order valence-electron chi connectivity index (χ2n) is 3.64. The molecule has 0 aliphatic heterocycles. The van der Waals surface area contributed by atoms with Crippen LogP contribution in [0, 0.1) is 0 Å². The van der Waals surface area contributed by atoms with Gasteiger partial charge in [0.15, 0.2) is 5.78 Å². The standard InChI is InChI=1S/C9H16N2O6/c10-4(1-2-7(14)15)5(12)3-6(13)8(11)9(16)17/h4,6,8,13H,1-3,10-11H2,(H,14,15)(H,16,17). The predicted molar refractivity (Wildman–Crippen MR) is 56.1 cm³/mol. The average Bonchev–Trinajstić information content (AvgIpc) is 2.24. The second-order valence-corrected chi connectivity index (χ2v) is 3.64. The number of rotatable bonds is 8. The molecule has 0 amide bonds. The highest BCUT2D eigenvalue weighted by atomic mass is 16.4. The smallest absolute Gasteiger partial charge is 0.323 e. The Labute approximate surface area is 97.2 Å². The first-order valence-electron chi connectivity index (χ1n) is 4.92. The van der Waals surface area contributed by atoms with Gasteiger partial charge < -0.3 is 26.8 Å². The number of hydrogen-bond acceptors (Lipinski definition) is 6. The lowest BCUT2D eigenvalue weighted by molar-refractivity contribution is -0.141. The van der Waals surface area contributed by atoms with E-state index in [1.54, 1.807) is 0 Å². The number of aliphatic carboxylic acids is 2. The van der Waals surface area contributed by atoms with Crippen LogP contribution in [0.5, 0.6) is 0 Å². The maximum absolute atomic E-state index is 11.4. The van der Waals surface area contributed by atoms with Gasteiger partial charge in [-0.1, -0.05) is 0 Å². The first kappa shape index (κ1) is 15.5. The fraction of sp³-hybridized carbons (Fsp3) is 0.667. The number of aliphatic hydroxyl groups excluding tert-OH is 1. The van der Waals surface area contributed by atoms with Gasteiger partial charge in [0.25, 0.3) is 0 Å². The molecule has 0 heterocycles. The van der Waals surface area contributed by atoms with Crippen molar-refractivity contribution in [2.45, 2.75) is 37.5 Å². The van der Waals surface area contributed by atoms with Gasteiger partial charge in [0.05, 0.1) is 12.1 Å². The molecule has 0 rings (SSSR count). The van der Waals surface area contributed by atoms with Gasteiger partial charge in [-0.05, 0) is 6.42 Å². The summed E-state index contributed by atoms with van der Waals surface area (Å²) in [6.07, 6.45) is -2.37. The van der Waals surface area contributed by atoms with E-state index in [1.165, 1.54) is 0 Å². The number of nitrogens with two attached hydrogens (primary N) is 2. The Bertz CT molecular complexity index is 306. The zero-order valence-corrected chi connectivity index (χ0v) is 9.07. The van der Waals surface area contributed by atoms with Crippen molar-refractivity contribution in [3.63, 3.8) is 0 Å². The second kappa shape index (κ2) is 6.94. The number of carbonyl (C=O) groups excluding carboxylic acids is 1. The van der Waals surface area contributed by atoms with E-state index in [-0.39, 0.29) is 12.8 Å². The molecule has 3 atom stereocenters. The lowest BCUT2D eigenvalue weighted by Crippen LogP contribution is -2.45. The van der Waals surface area contributed by atoms with Crippen molar-refractivity contribution in [2.75, 3.05) is 0 Å². The Morgan fingerprint density at radius 1 is 1.12 bits per heavy atom. The fourth-order valence-corrected chi connectivity index (χ4v) is 1.09. The Morgan fingerprint density at radius 3 is 2.06 bits per heavy atom. The SMILES string of the molecule is NC(CCC(=O)O)C(=O)CC(O)C(N)C(=O)O. The monoisotopic (exact) mass is 248 g/mol. The number of ketones is 1. The first-order valence-corrected chi connectivity index (χ1v) is 4.92. The maximum Gasteiger partial charge on any atom is 0.323 e. The summed E-state index contributed by atoms with van der Waals surface area (Å²) in [5.41, 5.74) is 10.5. The third-order valence-corrected chi connectivity index (χ3v) is 2.19. The Hall–Kier alpha value is -1.51. The molecule has 0 bridgehead atoms. The molecule has 98 valence electrons. The average molecular weight is 248 g/mol. The van der Waals surface area contributed by atoms with E-state index in [2.05, 4.69) is 0 Å². The van der Waals surface area contributed by atoms with Crippen LogP contribution in [0.25, 0.3) is 0 Å². The highest BCUT2D eigenvalue weighted by Gasteiger charge is 2.26.